The molecule has 8 aromatic heterocycles. The van der Waals surface area contributed by atoms with Crippen molar-refractivity contribution >= 4 is 44.4 Å². The van der Waals surface area contributed by atoms with E-state index in [1.54, 1.807) is 6.20 Å². The first-order valence-electron chi connectivity index (χ1n) is 27.4. The molecule has 12 nitrogen and oxygen atoms in total. The molecule has 0 aliphatic rings. The van der Waals surface area contributed by atoms with Crippen molar-refractivity contribution in [1.82, 2.24) is 19.9 Å². The number of aromatic nitrogens is 8. The summed E-state index contributed by atoms with van der Waals surface area (Å²) in [6, 6.07) is 41.1. The molecular formula is C68H84N8O4+4. The van der Waals surface area contributed by atoms with Gasteiger partial charge in [-0.05, 0) is 74.2 Å². The summed E-state index contributed by atoms with van der Waals surface area (Å²) in [5, 5.41) is 0. The van der Waals surface area contributed by atoms with Crippen molar-refractivity contribution in [3.63, 3.8) is 0 Å². The van der Waals surface area contributed by atoms with Gasteiger partial charge < -0.3 is 17.7 Å². The molecule has 0 spiro atoms. The Morgan fingerprint density at radius 1 is 0.388 bits per heavy atom. The van der Waals surface area contributed by atoms with Crippen LogP contribution in [-0.4, -0.2) is 19.9 Å². The van der Waals surface area contributed by atoms with Gasteiger partial charge in [0.15, 0.2) is 92.7 Å². The molecule has 12 aromatic rings. The van der Waals surface area contributed by atoms with Crippen molar-refractivity contribution < 1.29 is 41.4 Å². The monoisotopic (exact) mass is 1080 g/mol. The molecule has 80 heavy (non-hydrogen) atoms. The fraction of sp³-hybridized carbons (Fsp3) is 0.294. The second kappa shape index (κ2) is 26.3. The lowest BCUT2D eigenvalue weighted by Gasteiger charge is -2.03. The van der Waals surface area contributed by atoms with E-state index in [2.05, 4.69) is 159 Å². The molecule has 8 heterocycles. The predicted molar refractivity (Wildman–Crippen MR) is 326 cm³/mol. The van der Waals surface area contributed by atoms with E-state index in [9.17, 15) is 0 Å². The van der Waals surface area contributed by atoms with E-state index >= 15 is 0 Å². The number of nitrogens with zero attached hydrogens (tertiary/aromatic N) is 8. The summed E-state index contributed by atoms with van der Waals surface area (Å²) < 4.78 is 61.7. The predicted octanol–water partition coefficient (Wildman–Crippen LogP) is 15.9. The standard InChI is InChI=1S/2C17H19N2O.2C15H15N2O.4CH4/c2*1-11(2)17-18-14-10-19(4)15(9-16(14)20-17)13-8-6-5-7-12(13)3;2*1-10-6-4-5-7-12(10)14-8-15-13(9-17(14)3)16-11(2)18-15;;;;/h2*5-11H,1-4H3;2*4-9H,1-3H3;4*1H4/q4*+1;;;;/i1D3,11D;;;;;;;. The van der Waals surface area contributed by atoms with Crippen LogP contribution >= 0.6 is 0 Å². The summed E-state index contributed by atoms with van der Waals surface area (Å²) in [5.41, 5.74) is 20.2. The van der Waals surface area contributed by atoms with Gasteiger partial charge in [0.25, 0.3) is 0 Å². The molecule has 0 aliphatic heterocycles. The molecular weight excluding hydrogens is 993 g/mol. The van der Waals surface area contributed by atoms with E-state index in [0.717, 1.165) is 73.1 Å². The Balaban J connectivity index is 0.000000203. The van der Waals surface area contributed by atoms with Gasteiger partial charge in [-0.15, -0.1) is 0 Å². The molecule has 0 fully saturated rings. The lowest BCUT2D eigenvalue weighted by molar-refractivity contribution is -0.659. The van der Waals surface area contributed by atoms with Crippen molar-refractivity contribution in [2.75, 3.05) is 0 Å². The first-order chi connectivity index (χ1) is 38.0. The van der Waals surface area contributed by atoms with Gasteiger partial charge in [0.1, 0.15) is 28.2 Å². The summed E-state index contributed by atoms with van der Waals surface area (Å²) in [4.78, 5) is 17.5. The van der Waals surface area contributed by atoms with Crippen LogP contribution in [0.15, 0.2) is 164 Å². The molecule has 0 radical (unpaired) electrons. The van der Waals surface area contributed by atoms with Crippen molar-refractivity contribution in [2.24, 2.45) is 28.2 Å². The molecule has 0 N–H and O–H groups in total. The maximum Gasteiger partial charge on any atom is 0.216 e. The Hall–Kier alpha value is -8.64. The van der Waals surface area contributed by atoms with Gasteiger partial charge in [-0.25, -0.2) is 19.9 Å². The fourth-order valence-corrected chi connectivity index (χ4v) is 9.24. The third-order valence-electron chi connectivity index (χ3n) is 13.3. The van der Waals surface area contributed by atoms with Crippen LogP contribution in [-0.2, 0) is 28.2 Å². The van der Waals surface area contributed by atoms with Crippen LogP contribution in [0.1, 0.15) is 120 Å². The Bertz CT molecular complexity index is 4100. The SMILES string of the molecule is C.C.C.C.Cc1ccccc1-c1cc2oc(C(C)C)nc2c[n+]1C.Cc1nc2c[n+](C)c(-c3ccccc3C)cc2o1.Cc1nc2c[n+](C)c(-c3ccccc3C)cc2o1.[2H]C([2H])([2H])C([2H])(C)c1nc2c[n+](C)c(-c3ccccc3C)cc2o1. The van der Waals surface area contributed by atoms with E-state index in [4.69, 9.17) is 23.2 Å². The highest BCUT2D eigenvalue weighted by Crippen LogP contribution is 2.29. The number of hydrogen-bond acceptors (Lipinski definition) is 8. The highest BCUT2D eigenvalue weighted by atomic mass is 16.4. The molecule has 0 saturated carbocycles. The lowest BCUT2D eigenvalue weighted by Crippen LogP contribution is -2.30. The number of fused-ring (bicyclic) bond motifs is 4. The number of pyridine rings is 4. The van der Waals surface area contributed by atoms with Crippen LogP contribution < -0.4 is 18.3 Å². The molecule has 0 amide bonds. The smallest absolute Gasteiger partial charge is 0.216 e. The quantitative estimate of drug-likeness (QED) is 0.151. The van der Waals surface area contributed by atoms with Gasteiger partial charge in [0.05, 0.1) is 24.3 Å². The summed E-state index contributed by atoms with van der Waals surface area (Å²) in [7, 11) is 8.01. The Morgan fingerprint density at radius 3 is 0.938 bits per heavy atom. The minimum absolute atomic E-state index is 0. The fourth-order valence-electron chi connectivity index (χ4n) is 9.24. The van der Waals surface area contributed by atoms with Crippen molar-refractivity contribution in [2.45, 2.75) is 111 Å². The number of oxazole rings is 4. The molecule has 4 aromatic carbocycles. The highest BCUT2D eigenvalue weighted by molar-refractivity contribution is 5.79. The largest absolute Gasteiger partial charge is 0.440 e. The Labute approximate surface area is 479 Å². The molecule has 416 valence electrons. The van der Waals surface area contributed by atoms with E-state index in [0.29, 0.717) is 28.8 Å². The highest BCUT2D eigenvalue weighted by Gasteiger charge is 2.22. The van der Waals surface area contributed by atoms with Crippen LogP contribution in [0.3, 0.4) is 0 Å². The maximum absolute atomic E-state index is 8.13. The van der Waals surface area contributed by atoms with Crippen LogP contribution in [0.25, 0.3) is 89.4 Å². The lowest BCUT2D eigenvalue weighted by atomic mass is 10.0. The Kier molecular flexibility index (Phi) is 18.5. The third-order valence-corrected chi connectivity index (χ3v) is 13.3. The van der Waals surface area contributed by atoms with Gasteiger partial charge in [0.2, 0.25) is 22.8 Å². The van der Waals surface area contributed by atoms with Crippen LogP contribution in [0.4, 0.5) is 0 Å². The number of aryl methyl sites for hydroxylation is 10. The second-order valence-electron chi connectivity index (χ2n) is 19.7. The van der Waals surface area contributed by atoms with Crippen molar-refractivity contribution in [3.05, 3.63) is 192 Å². The zero-order chi connectivity index (χ0) is 57.4. The molecule has 1 unspecified atom stereocenters. The van der Waals surface area contributed by atoms with E-state index in [-0.39, 0.29) is 35.6 Å². The minimum Gasteiger partial charge on any atom is -0.440 e. The second-order valence-corrected chi connectivity index (χ2v) is 19.7. The molecule has 1 atom stereocenters. The summed E-state index contributed by atoms with van der Waals surface area (Å²) >= 11 is 0. The van der Waals surface area contributed by atoms with E-state index < -0.39 is 12.7 Å². The summed E-state index contributed by atoms with van der Waals surface area (Å²) in [6.45, 7) is 15.1. The summed E-state index contributed by atoms with van der Waals surface area (Å²) in [5.74, 6) is 0.503. The van der Waals surface area contributed by atoms with Gasteiger partial charge >= 0.3 is 0 Å². The first kappa shape index (κ1) is 56.1. The molecule has 0 aliphatic carbocycles. The molecule has 12 rings (SSSR count). The molecule has 0 saturated heterocycles. The number of rotatable bonds is 6. The first-order valence-corrected chi connectivity index (χ1v) is 25.4. The van der Waals surface area contributed by atoms with Gasteiger partial charge in [-0.2, -0.15) is 18.3 Å². The number of hydrogen-bond donors (Lipinski definition) is 0. The summed E-state index contributed by atoms with van der Waals surface area (Å²) in [6.07, 6.45) is 7.84. The number of benzene rings is 4. The van der Waals surface area contributed by atoms with Crippen molar-refractivity contribution in [3.8, 4) is 45.0 Å². The van der Waals surface area contributed by atoms with Gasteiger partial charge in [-0.1, -0.05) is 130 Å². The average Bonchev–Trinajstić information content (AvgIpc) is 2.41. The zero-order valence-electron chi connectivity index (χ0n) is 49.6. The molecule has 0 bridgehead atoms. The topological polar surface area (TPSA) is 120 Å². The average molecular weight is 1080 g/mol. The van der Waals surface area contributed by atoms with Crippen LogP contribution in [0, 0.1) is 41.5 Å². The van der Waals surface area contributed by atoms with Crippen LogP contribution in [0.5, 0.6) is 0 Å². The minimum atomic E-state index is -2.52. The maximum atomic E-state index is 8.13. The third kappa shape index (κ3) is 13.4. The molecule has 12 heteroatoms. The van der Waals surface area contributed by atoms with Gasteiger partial charge in [0, 0.05) is 53.4 Å². The van der Waals surface area contributed by atoms with Crippen molar-refractivity contribution in [1.29, 1.82) is 0 Å². The van der Waals surface area contributed by atoms with Crippen LogP contribution in [0.2, 0.25) is 0 Å². The van der Waals surface area contributed by atoms with Gasteiger partial charge in [-0.3, -0.25) is 0 Å². The van der Waals surface area contributed by atoms with E-state index in [1.165, 1.54) is 40.3 Å². The normalized spacial score (nSPS) is 12.3. The van der Waals surface area contributed by atoms with E-state index in [1.807, 2.05) is 102 Å². The Morgan fingerprint density at radius 2 is 0.650 bits per heavy atom. The zero-order valence-corrected chi connectivity index (χ0v) is 45.6.